The van der Waals surface area contributed by atoms with E-state index < -0.39 is 6.04 Å². The summed E-state index contributed by atoms with van der Waals surface area (Å²) < 4.78 is 6.21. The molecule has 0 bridgehead atoms. The van der Waals surface area contributed by atoms with Crippen molar-refractivity contribution in [3.05, 3.63) is 76.4 Å². The van der Waals surface area contributed by atoms with Gasteiger partial charge in [-0.25, -0.2) is 4.98 Å². The van der Waals surface area contributed by atoms with Crippen LogP contribution in [0.1, 0.15) is 28.0 Å². The Morgan fingerprint density at radius 1 is 1.28 bits per heavy atom. The van der Waals surface area contributed by atoms with Crippen LogP contribution in [0, 0.1) is 0 Å². The van der Waals surface area contributed by atoms with E-state index in [0.29, 0.717) is 12.1 Å². The summed E-state index contributed by atoms with van der Waals surface area (Å²) in [5.41, 5.74) is 7.84. The van der Waals surface area contributed by atoms with E-state index in [4.69, 9.17) is 10.2 Å². The Morgan fingerprint density at radius 2 is 2.04 bits per heavy atom. The Labute approximate surface area is 152 Å². The second kappa shape index (κ2) is 7.50. The number of hydrogen-bond acceptors (Lipinski definition) is 5. The van der Waals surface area contributed by atoms with Gasteiger partial charge in [0.2, 0.25) is 5.89 Å². The number of nitrogens with one attached hydrogen (secondary N) is 1. The van der Waals surface area contributed by atoms with Gasteiger partial charge in [0.15, 0.2) is 5.69 Å². The molecule has 2 aromatic carbocycles. The van der Waals surface area contributed by atoms with Gasteiger partial charge in [-0.1, -0.05) is 34.1 Å². The zero-order valence-electron chi connectivity index (χ0n) is 13.1. The number of carbonyl (C=O) groups is 1. The monoisotopic (exact) mass is 401 g/mol. The third-order valence-corrected chi connectivity index (χ3v) is 4.04. The van der Waals surface area contributed by atoms with Crippen LogP contribution in [0.2, 0.25) is 0 Å². The van der Waals surface area contributed by atoms with Gasteiger partial charge in [-0.05, 0) is 42.3 Å². The van der Waals surface area contributed by atoms with Gasteiger partial charge in [-0.3, -0.25) is 4.79 Å². The lowest BCUT2D eigenvalue weighted by atomic mass is 10.1. The summed E-state index contributed by atoms with van der Waals surface area (Å²) in [6, 6.07) is 13.5. The highest BCUT2D eigenvalue weighted by molar-refractivity contribution is 9.10. The molecular formula is C18H16BrN3O3. The van der Waals surface area contributed by atoms with Crippen molar-refractivity contribution in [2.24, 2.45) is 5.73 Å². The molecule has 1 heterocycles. The van der Waals surface area contributed by atoms with Gasteiger partial charge in [-0.15, -0.1) is 0 Å². The van der Waals surface area contributed by atoms with Crippen LogP contribution in [-0.2, 0) is 6.42 Å². The van der Waals surface area contributed by atoms with E-state index in [1.807, 2.05) is 12.1 Å². The standard InChI is InChI=1S/C18H16BrN3O3/c19-12-2-1-3-13(9-12)21-17(24)16-10-25-18(22-16)15(20)8-11-4-6-14(23)7-5-11/h1-7,9-10,15,23H,8,20H2,(H,21,24). The lowest BCUT2D eigenvalue weighted by Gasteiger charge is -2.07. The normalized spacial score (nSPS) is 11.9. The number of anilines is 1. The average molecular weight is 402 g/mol. The fraction of sp³-hybridized carbons (Fsp3) is 0.111. The third kappa shape index (κ3) is 4.46. The first-order valence-electron chi connectivity index (χ1n) is 7.57. The molecular weight excluding hydrogens is 386 g/mol. The molecule has 25 heavy (non-hydrogen) atoms. The molecule has 0 aliphatic carbocycles. The maximum atomic E-state index is 12.2. The zero-order valence-corrected chi connectivity index (χ0v) is 14.7. The number of aromatic hydroxyl groups is 1. The molecule has 0 aliphatic rings. The number of halogens is 1. The molecule has 0 saturated heterocycles. The van der Waals surface area contributed by atoms with Crippen molar-refractivity contribution >= 4 is 27.5 Å². The summed E-state index contributed by atoms with van der Waals surface area (Å²) in [6.45, 7) is 0. The number of carbonyl (C=O) groups excluding carboxylic acids is 1. The summed E-state index contributed by atoms with van der Waals surface area (Å²) in [5, 5.41) is 12.0. The number of aromatic nitrogens is 1. The van der Waals surface area contributed by atoms with E-state index in [1.54, 1.807) is 36.4 Å². The Morgan fingerprint density at radius 3 is 2.76 bits per heavy atom. The molecule has 1 aromatic heterocycles. The Hall–Kier alpha value is -2.64. The summed E-state index contributed by atoms with van der Waals surface area (Å²) in [7, 11) is 0. The molecule has 0 radical (unpaired) electrons. The number of benzene rings is 2. The maximum Gasteiger partial charge on any atom is 0.277 e. The van der Waals surface area contributed by atoms with Gasteiger partial charge in [0.05, 0.1) is 6.04 Å². The number of rotatable bonds is 5. The van der Waals surface area contributed by atoms with E-state index in [-0.39, 0.29) is 23.2 Å². The van der Waals surface area contributed by atoms with Crippen LogP contribution >= 0.6 is 15.9 Å². The van der Waals surface area contributed by atoms with Gasteiger partial charge in [0, 0.05) is 10.2 Å². The lowest BCUT2D eigenvalue weighted by Crippen LogP contribution is -2.16. The largest absolute Gasteiger partial charge is 0.508 e. The van der Waals surface area contributed by atoms with Gasteiger partial charge >= 0.3 is 0 Å². The van der Waals surface area contributed by atoms with Gasteiger partial charge in [0.25, 0.3) is 5.91 Å². The highest BCUT2D eigenvalue weighted by atomic mass is 79.9. The summed E-state index contributed by atoms with van der Waals surface area (Å²) in [4.78, 5) is 16.4. The van der Waals surface area contributed by atoms with Crippen molar-refractivity contribution in [3.63, 3.8) is 0 Å². The number of oxazole rings is 1. The molecule has 0 aliphatic heterocycles. The molecule has 0 fully saturated rings. The van der Waals surface area contributed by atoms with Crippen LogP contribution in [0.3, 0.4) is 0 Å². The first-order valence-corrected chi connectivity index (χ1v) is 8.36. The first kappa shape index (κ1) is 17.2. The maximum absolute atomic E-state index is 12.2. The number of phenolic OH excluding ortho intramolecular Hbond substituents is 1. The molecule has 4 N–H and O–H groups in total. The molecule has 1 unspecified atom stereocenters. The van der Waals surface area contributed by atoms with Crippen LogP contribution in [0.15, 0.2) is 63.7 Å². The first-order chi connectivity index (χ1) is 12.0. The van der Waals surface area contributed by atoms with E-state index in [0.717, 1.165) is 10.0 Å². The predicted octanol–water partition coefficient (Wildman–Crippen LogP) is 3.64. The van der Waals surface area contributed by atoms with E-state index in [1.165, 1.54) is 6.26 Å². The number of phenols is 1. The van der Waals surface area contributed by atoms with Crippen molar-refractivity contribution in [3.8, 4) is 5.75 Å². The Kier molecular flexibility index (Phi) is 5.16. The molecule has 3 aromatic rings. The minimum absolute atomic E-state index is 0.163. The van der Waals surface area contributed by atoms with Crippen molar-refractivity contribution in [2.75, 3.05) is 5.32 Å². The number of hydrogen-bond donors (Lipinski definition) is 3. The molecule has 0 saturated carbocycles. The number of nitrogens with zero attached hydrogens (tertiary/aromatic N) is 1. The molecule has 1 atom stereocenters. The van der Waals surface area contributed by atoms with Crippen LogP contribution in [0.4, 0.5) is 5.69 Å². The lowest BCUT2D eigenvalue weighted by molar-refractivity contribution is 0.102. The van der Waals surface area contributed by atoms with Crippen LogP contribution in [0.25, 0.3) is 0 Å². The Balaban J connectivity index is 1.66. The molecule has 7 heteroatoms. The van der Waals surface area contributed by atoms with Gasteiger partial charge in [-0.2, -0.15) is 0 Å². The fourth-order valence-corrected chi connectivity index (χ4v) is 2.70. The van der Waals surface area contributed by atoms with Gasteiger partial charge in [0.1, 0.15) is 12.0 Å². The van der Waals surface area contributed by atoms with Crippen LogP contribution in [0.5, 0.6) is 5.75 Å². The molecule has 6 nitrogen and oxygen atoms in total. The summed E-state index contributed by atoms with van der Waals surface area (Å²) in [5.74, 6) is 0.109. The molecule has 128 valence electrons. The number of amides is 1. The minimum atomic E-state index is -0.489. The topological polar surface area (TPSA) is 101 Å². The molecule has 0 spiro atoms. The van der Waals surface area contributed by atoms with Crippen molar-refractivity contribution in [1.82, 2.24) is 4.98 Å². The second-order valence-corrected chi connectivity index (χ2v) is 6.43. The fourth-order valence-electron chi connectivity index (χ4n) is 2.30. The summed E-state index contributed by atoms with van der Waals surface area (Å²) >= 11 is 3.35. The highest BCUT2D eigenvalue weighted by Crippen LogP contribution is 2.19. The van der Waals surface area contributed by atoms with Crippen molar-refractivity contribution in [1.29, 1.82) is 0 Å². The van der Waals surface area contributed by atoms with Crippen molar-refractivity contribution in [2.45, 2.75) is 12.5 Å². The SMILES string of the molecule is NC(Cc1ccc(O)cc1)c1nc(C(=O)Nc2cccc(Br)c2)co1. The second-order valence-electron chi connectivity index (χ2n) is 5.51. The predicted molar refractivity (Wildman–Crippen MR) is 97.3 cm³/mol. The van der Waals surface area contributed by atoms with E-state index >= 15 is 0 Å². The van der Waals surface area contributed by atoms with E-state index in [9.17, 15) is 9.90 Å². The zero-order chi connectivity index (χ0) is 17.8. The highest BCUT2D eigenvalue weighted by Gasteiger charge is 2.17. The van der Waals surface area contributed by atoms with Crippen molar-refractivity contribution < 1.29 is 14.3 Å². The Bertz CT molecular complexity index is 877. The molecule has 3 rings (SSSR count). The smallest absolute Gasteiger partial charge is 0.277 e. The summed E-state index contributed by atoms with van der Waals surface area (Å²) in [6.07, 6.45) is 1.77. The van der Waals surface area contributed by atoms with E-state index in [2.05, 4.69) is 26.2 Å². The minimum Gasteiger partial charge on any atom is -0.508 e. The third-order valence-electron chi connectivity index (χ3n) is 3.55. The quantitative estimate of drug-likeness (QED) is 0.605. The number of nitrogens with two attached hydrogens (primary N) is 1. The van der Waals surface area contributed by atoms with Crippen LogP contribution in [-0.4, -0.2) is 16.0 Å². The van der Waals surface area contributed by atoms with Crippen LogP contribution < -0.4 is 11.1 Å². The average Bonchev–Trinajstić information content (AvgIpc) is 3.07. The molecule has 1 amide bonds. The van der Waals surface area contributed by atoms with Gasteiger partial charge < -0.3 is 20.6 Å².